The zero-order chi connectivity index (χ0) is 9.52. The summed E-state index contributed by atoms with van der Waals surface area (Å²) >= 11 is 0. The topological polar surface area (TPSA) is 29.5 Å². The molecule has 2 nitrogen and oxygen atoms in total. The molecule has 0 saturated heterocycles. The van der Waals surface area contributed by atoms with Crippen molar-refractivity contribution in [2.45, 2.75) is 44.6 Å². The van der Waals surface area contributed by atoms with Crippen LogP contribution >= 0.6 is 0 Å². The molecule has 0 aliphatic heterocycles. The van der Waals surface area contributed by atoms with Crippen molar-refractivity contribution >= 4 is 0 Å². The number of aliphatic hydroxyl groups is 1. The molecule has 0 aromatic rings. The molecule has 1 unspecified atom stereocenters. The number of hydrogen-bond donors (Lipinski definition) is 1. The first-order valence-corrected chi connectivity index (χ1v) is 5.20. The van der Waals surface area contributed by atoms with Crippen LogP contribution in [0.1, 0.15) is 38.5 Å². The van der Waals surface area contributed by atoms with Crippen LogP contribution in [-0.4, -0.2) is 18.3 Å². The Balaban J connectivity index is 2.20. The van der Waals surface area contributed by atoms with E-state index in [1.54, 1.807) is 13.4 Å². The molecule has 0 aromatic heterocycles. The normalized spacial score (nSPS) is 22.0. The highest BCUT2D eigenvalue weighted by Gasteiger charge is 2.20. The molecule has 1 fully saturated rings. The molecule has 1 aliphatic rings. The molecule has 0 amide bonds. The van der Waals surface area contributed by atoms with Crippen molar-refractivity contribution in [1.29, 1.82) is 0 Å². The van der Waals surface area contributed by atoms with Crippen LogP contribution in [0.5, 0.6) is 0 Å². The summed E-state index contributed by atoms with van der Waals surface area (Å²) in [6.45, 7) is 0. The monoisotopic (exact) mass is 184 g/mol. The van der Waals surface area contributed by atoms with E-state index < -0.39 is 0 Å². The van der Waals surface area contributed by atoms with E-state index in [0.717, 1.165) is 6.42 Å². The summed E-state index contributed by atoms with van der Waals surface area (Å²) < 4.78 is 4.79. The van der Waals surface area contributed by atoms with E-state index in [0.29, 0.717) is 5.92 Å². The van der Waals surface area contributed by atoms with Crippen LogP contribution in [0.3, 0.4) is 0 Å². The molecule has 0 bridgehead atoms. The first-order valence-electron chi connectivity index (χ1n) is 5.20. The predicted octanol–water partition coefficient (Wildman–Crippen LogP) is 2.48. The molecule has 0 spiro atoms. The molecule has 1 atom stereocenters. The van der Waals surface area contributed by atoms with E-state index >= 15 is 0 Å². The van der Waals surface area contributed by atoms with Gasteiger partial charge in [0.2, 0.25) is 0 Å². The predicted molar refractivity (Wildman–Crippen MR) is 53.3 cm³/mol. The molecule has 13 heavy (non-hydrogen) atoms. The quantitative estimate of drug-likeness (QED) is 0.680. The Kier molecular flexibility index (Phi) is 4.91. The highest BCUT2D eigenvalue weighted by atomic mass is 16.5. The molecule has 1 N–H and O–H groups in total. The lowest BCUT2D eigenvalue weighted by Crippen LogP contribution is -2.22. The Morgan fingerprint density at radius 3 is 2.69 bits per heavy atom. The average Bonchev–Trinajstić information content (AvgIpc) is 2.19. The molecule has 1 rings (SSSR count). The van der Waals surface area contributed by atoms with E-state index in [1.165, 1.54) is 32.1 Å². The molecule has 76 valence electrons. The molecule has 2 heteroatoms. The van der Waals surface area contributed by atoms with Gasteiger partial charge in [-0.25, -0.2) is 0 Å². The van der Waals surface area contributed by atoms with Crippen LogP contribution < -0.4 is 0 Å². The van der Waals surface area contributed by atoms with Crippen LogP contribution in [0.15, 0.2) is 12.3 Å². The summed E-state index contributed by atoms with van der Waals surface area (Å²) in [5, 5.41) is 9.79. The first kappa shape index (κ1) is 10.6. The van der Waals surface area contributed by atoms with Crippen molar-refractivity contribution in [1.82, 2.24) is 0 Å². The SMILES string of the molecule is CO/C=C\CC(O)C1CCCCC1. The fourth-order valence-corrected chi connectivity index (χ4v) is 2.00. The Bertz CT molecular complexity index is 148. The largest absolute Gasteiger partial charge is 0.505 e. The van der Waals surface area contributed by atoms with Crippen LogP contribution in [0.25, 0.3) is 0 Å². The van der Waals surface area contributed by atoms with Gasteiger partial charge in [0, 0.05) is 0 Å². The van der Waals surface area contributed by atoms with Crippen molar-refractivity contribution < 1.29 is 9.84 Å². The van der Waals surface area contributed by atoms with E-state index in [2.05, 4.69) is 0 Å². The highest BCUT2D eigenvalue weighted by Crippen LogP contribution is 2.27. The third-order valence-electron chi connectivity index (χ3n) is 2.80. The lowest BCUT2D eigenvalue weighted by molar-refractivity contribution is 0.0868. The van der Waals surface area contributed by atoms with Gasteiger partial charge >= 0.3 is 0 Å². The van der Waals surface area contributed by atoms with Gasteiger partial charge in [-0.05, 0) is 31.3 Å². The second-order valence-corrected chi connectivity index (χ2v) is 3.81. The molecular formula is C11H20O2. The zero-order valence-electron chi connectivity index (χ0n) is 8.41. The smallest absolute Gasteiger partial charge is 0.0785 e. The maximum absolute atomic E-state index is 9.79. The third-order valence-corrected chi connectivity index (χ3v) is 2.80. The lowest BCUT2D eigenvalue weighted by Gasteiger charge is -2.25. The van der Waals surface area contributed by atoms with Gasteiger partial charge in [0.1, 0.15) is 0 Å². The second-order valence-electron chi connectivity index (χ2n) is 3.81. The minimum absolute atomic E-state index is 0.160. The van der Waals surface area contributed by atoms with Crippen molar-refractivity contribution in [3.8, 4) is 0 Å². The molecule has 1 saturated carbocycles. The molecule has 0 radical (unpaired) electrons. The molecular weight excluding hydrogens is 164 g/mol. The van der Waals surface area contributed by atoms with Crippen LogP contribution in [0, 0.1) is 5.92 Å². The fraction of sp³-hybridized carbons (Fsp3) is 0.818. The van der Waals surface area contributed by atoms with Crippen molar-refractivity contribution in [2.24, 2.45) is 5.92 Å². The van der Waals surface area contributed by atoms with Gasteiger partial charge < -0.3 is 9.84 Å². The fourth-order valence-electron chi connectivity index (χ4n) is 2.00. The highest BCUT2D eigenvalue weighted by molar-refractivity contribution is 4.82. The second kappa shape index (κ2) is 6.03. The van der Waals surface area contributed by atoms with Gasteiger partial charge in [-0.2, -0.15) is 0 Å². The average molecular weight is 184 g/mol. The first-order chi connectivity index (χ1) is 6.34. The van der Waals surface area contributed by atoms with Crippen LogP contribution in [-0.2, 0) is 4.74 Å². The van der Waals surface area contributed by atoms with Gasteiger partial charge in [0.05, 0.1) is 19.5 Å². The Morgan fingerprint density at radius 2 is 2.08 bits per heavy atom. The molecule has 0 heterocycles. The van der Waals surface area contributed by atoms with E-state index in [9.17, 15) is 5.11 Å². The Labute approximate surface area is 80.6 Å². The van der Waals surface area contributed by atoms with Gasteiger partial charge in [-0.1, -0.05) is 19.3 Å². The van der Waals surface area contributed by atoms with Gasteiger partial charge in [-0.3, -0.25) is 0 Å². The summed E-state index contributed by atoms with van der Waals surface area (Å²) in [6.07, 6.45) is 10.4. The van der Waals surface area contributed by atoms with E-state index in [4.69, 9.17) is 4.74 Å². The maximum atomic E-state index is 9.79. The summed E-state index contributed by atoms with van der Waals surface area (Å²) in [4.78, 5) is 0. The minimum atomic E-state index is -0.160. The lowest BCUT2D eigenvalue weighted by atomic mass is 9.84. The number of hydrogen-bond acceptors (Lipinski definition) is 2. The maximum Gasteiger partial charge on any atom is 0.0785 e. The summed E-state index contributed by atoms with van der Waals surface area (Å²) in [7, 11) is 1.63. The van der Waals surface area contributed by atoms with Crippen LogP contribution in [0.2, 0.25) is 0 Å². The van der Waals surface area contributed by atoms with Crippen molar-refractivity contribution in [3.05, 3.63) is 12.3 Å². The van der Waals surface area contributed by atoms with Crippen molar-refractivity contribution in [2.75, 3.05) is 7.11 Å². The minimum Gasteiger partial charge on any atom is -0.505 e. The Hall–Kier alpha value is -0.500. The Morgan fingerprint density at radius 1 is 1.38 bits per heavy atom. The van der Waals surface area contributed by atoms with Crippen molar-refractivity contribution in [3.63, 3.8) is 0 Å². The van der Waals surface area contributed by atoms with E-state index in [-0.39, 0.29) is 6.10 Å². The summed E-state index contributed by atoms with van der Waals surface area (Å²) in [6, 6.07) is 0. The number of rotatable bonds is 4. The van der Waals surface area contributed by atoms with Gasteiger partial charge in [0.15, 0.2) is 0 Å². The third kappa shape index (κ3) is 3.81. The number of aliphatic hydroxyl groups excluding tert-OH is 1. The molecule has 0 aromatic carbocycles. The zero-order valence-corrected chi connectivity index (χ0v) is 8.41. The number of methoxy groups -OCH3 is 1. The van der Waals surface area contributed by atoms with Gasteiger partial charge in [0.25, 0.3) is 0 Å². The number of ether oxygens (including phenoxy) is 1. The van der Waals surface area contributed by atoms with Gasteiger partial charge in [-0.15, -0.1) is 0 Å². The summed E-state index contributed by atoms with van der Waals surface area (Å²) in [5.74, 6) is 0.523. The standard InChI is InChI=1S/C11H20O2/c1-13-9-5-8-11(12)10-6-3-2-4-7-10/h5,9-12H,2-4,6-8H2,1H3/b9-5-. The van der Waals surface area contributed by atoms with Crippen LogP contribution in [0.4, 0.5) is 0 Å². The summed E-state index contributed by atoms with van der Waals surface area (Å²) in [5.41, 5.74) is 0. The van der Waals surface area contributed by atoms with E-state index in [1.807, 2.05) is 6.08 Å². The molecule has 1 aliphatic carbocycles.